The zero-order valence-electron chi connectivity index (χ0n) is 8.00. The van der Waals surface area contributed by atoms with Gasteiger partial charge in [-0.15, -0.1) is 11.6 Å². The van der Waals surface area contributed by atoms with Crippen molar-refractivity contribution in [2.24, 2.45) is 0 Å². The molecule has 1 rings (SSSR count). The number of benzene rings is 1. The largest absolute Gasteiger partial charge is 0.493 e. The molecule has 0 aliphatic rings. The van der Waals surface area contributed by atoms with Crippen LogP contribution in [0.25, 0.3) is 0 Å². The first-order chi connectivity index (χ1) is 6.88. The Kier molecular flexibility index (Phi) is 4.94. The van der Waals surface area contributed by atoms with E-state index in [4.69, 9.17) is 21.1 Å². The molecule has 0 bridgehead atoms. The molecule has 0 amide bonds. The van der Waals surface area contributed by atoms with E-state index < -0.39 is 0 Å². The van der Waals surface area contributed by atoms with Gasteiger partial charge in [-0.25, -0.2) is 0 Å². The molecule has 2 nitrogen and oxygen atoms in total. The van der Waals surface area contributed by atoms with Crippen LogP contribution in [0.3, 0.4) is 0 Å². The fourth-order valence-corrected chi connectivity index (χ4v) is 1.07. The summed E-state index contributed by atoms with van der Waals surface area (Å²) in [5, 5.41) is 0. The van der Waals surface area contributed by atoms with Crippen LogP contribution in [0.5, 0.6) is 11.5 Å². The van der Waals surface area contributed by atoms with E-state index in [-0.39, 0.29) is 0 Å². The van der Waals surface area contributed by atoms with Gasteiger partial charge in [0.2, 0.25) is 0 Å². The van der Waals surface area contributed by atoms with Gasteiger partial charge in [0.1, 0.15) is 6.61 Å². The highest BCUT2D eigenvalue weighted by molar-refractivity contribution is 6.18. The third-order valence-corrected chi connectivity index (χ3v) is 1.78. The molecule has 0 aliphatic carbocycles. The molecule has 0 saturated carbocycles. The smallest absolute Gasteiger partial charge is 0.161 e. The minimum absolute atomic E-state index is 0.493. The van der Waals surface area contributed by atoms with Crippen LogP contribution >= 0.6 is 11.6 Å². The molecule has 0 aliphatic heterocycles. The zero-order valence-corrected chi connectivity index (χ0v) is 8.75. The Balaban J connectivity index is 2.53. The lowest BCUT2D eigenvalue weighted by Gasteiger charge is -2.07. The summed E-state index contributed by atoms with van der Waals surface area (Å²) >= 11 is 5.47. The first kappa shape index (κ1) is 10.9. The molecule has 3 heteroatoms. The van der Waals surface area contributed by atoms with Gasteiger partial charge in [-0.2, -0.15) is 0 Å². The maximum absolute atomic E-state index is 5.47. The monoisotopic (exact) mass is 211 g/mol. The number of methoxy groups -OCH3 is 1. The van der Waals surface area contributed by atoms with Gasteiger partial charge >= 0.3 is 0 Å². The number of rotatable bonds is 5. The quantitative estimate of drug-likeness (QED) is 0.551. The van der Waals surface area contributed by atoms with Crippen molar-refractivity contribution in [3.8, 4) is 11.5 Å². The molecule has 0 spiro atoms. The SMILES string of the molecule is COc1c[c]ccc1OC/C=C/CCl. The first-order valence-corrected chi connectivity index (χ1v) is 4.79. The normalized spacial score (nSPS) is 10.4. The molecule has 14 heavy (non-hydrogen) atoms. The lowest BCUT2D eigenvalue weighted by atomic mass is 10.3. The van der Waals surface area contributed by atoms with Gasteiger partial charge in [0, 0.05) is 5.88 Å². The summed E-state index contributed by atoms with van der Waals surface area (Å²) < 4.78 is 10.5. The van der Waals surface area contributed by atoms with Crippen LogP contribution in [-0.4, -0.2) is 19.6 Å². The van der Waals surface area contributed by atoms with Crippen LogP contribution in [0.2, 0.25) is 0 Å². The highest BCUT2D eigenvalue weighted by Crippen LogP contribution is 2.25. The van der Waals surface area contributed by atoms with Crippen molar-refractivity contribution in [2.45, 2.75) is 0 Å². The van der Waals surface area contributed by atoms with Crippen LogP contribution in [0.1, 0.15) is 0 Å². The Morgan fingerprint density at radius 3 is 3.00 bits per heavy atom. The van der Waals surface area contributed by atoms with Gasteiger partial charge in [-0.3, -0.25) is 0 Å². The Morgan fingerprint density at radius 2 is 2.29 bits per heavy atom. The number of alkyl halides is 1. The van der Waals surface area contributed by atoms with Crippen molar-refractivity contribution in [1.29, 1.82) is 0 Å². The van der Waals surface area contributed by atoms with E-state index in [2.05, 4.69) is 6.07 Å². The predicted molar refractivity (Wildman–Crippen MR) is 57.2 cm³/mol. The van der Waals surface area contributed by atoms with Crippen LogP contribution in [0.15, 0.2) is 30.4 Å². The van der Waals surface area contributed by atoms with E-state index in [0.717, 1.165) is 0 Å². The van der Waals surface area contributed by atoms with Gasteiger partial charge < -0.3 is 9.47 Å². The lowest BCUT2D eigenvalue weighted by Crippen LogP contribution is -1.96. The third-order valence-electron chi connectivity index (χ3n) is 1.60. The van der Waals surface area contributed by atoms with Gasteiger partial charge in [0.05, 0.1) is 7.11 Å². The molecule has 0 N–H and O–H groups in total. The molecular formula is C11H12ClO2. The van der Waals surface area contributed by atoms with E-state index in [9.17, 15) is 0 Å². The van der Waals surface area contributed by atoms with Gasteiger partial charge in [-0.05, 0) is 18.2 Å². The number of hydrogen-bond donors (Lipinski definition) is 0. The molecule has 0 fully saturated rings. The Morgan fingerprint density at radius 1 is 1.43 bits per heavy atom. The summed E-state index contributed by atoms with van der Waals surface area (Å²) in [6.45, 7) is 0.493. The second kappa shape index (κ2) is 6.33. The number of halogens is 1. The highest BCUT2D eigenvalue weighted by Gasteiger charge is 2.00. The summed E-state index contributed by atoms with van der Waals surface area (Å²) in [5.41, 5.74) is 0. The van der Waals surface area contributed by atoms with Crippen molar-refractivity contribution in [1.82, 2.24) is 0 Å². The van der Waals surface area contributed by atoms with Gasteiger partial charge in [0.25, 0.3) is 0 Å². The summed E-state index contributed by atoms with van der Waals surface area (Å²) in [6, 6.07) is 8.24. The summed E-state index contributed by atoms with van der Waals surface area (Å²) in [4.78, 5) is 0. The topological polar surface area (TPSA) is 18.5 Å². The molecular weight excluding hydrogens is 200 g/mol. The van der Waals surface area contributed by atoms with Crippen LogP contribution in [0, 0.1) is 6.07 Å². The molecule has 1 aromatic rings. The minimum Gasteiger partial charge on any atom is -0.493 e. The van der Waals surface area contributed by atoms with Crippen molar-refractivity contribution >= 4 is 11.6 Å². The Labute approximate surface area is 89.1 Å². The Bertz CT molecular complexity index is 297. The first-order valence-electron chi connectivity index (χ1n) is 4.26. The average Bonchev–Trinajstić information content (AvgIpc) is 2.25. The maximum atomic E-state index is 5.47. The predicted octanol–water partition coefficient (Wildman–Crippen LogP) is 2.67. The van der Waals surface area contributed by atoms with Crippen LogP contribution in [0.4, 0.5) is 0 Å². The second-order valence-electron chi connectivity index (χ2n) is 2.51. The molecule has 1 aromatic carbocycles. The highest BCUT2D eigenvalue weighted by atomic mass is 35.5. The summed E-state index contributed by atoms with van der Waals surface area (Å²) in [5.74, 6) is 1.90. The zero-order chi connectivity index (χ0) is 10.2. The third kappa shape index (κ3) is 3.30. The molecule has 0 heterocycles. The standard InChI is InChI=1S/C11H12ClO2/c1-13-10-6-2-3-7-11(10)14-9-5-4-8-12/h3-7H,8-9H2,1H3/b5-4+. The fraction of sp³-hybridized carbons (Fsp3) is 0.273. The summed E-state index contributed by atoms with van der Waals surface area (Å²) in [6.07, 6.45) is 3.70. The van der Waals surface area contributed by atoms with E-state index in [1.807, 2.05) is 18.2 Å². The van der Waals surface area contributed by atoms with Gasteiger partial charge in [0.15, 0.2) is 11.5 Å². The van der Waals surface area contributed by atoms with E-state index in [0.29, 0.717) is 24.0 Å². The molecule has 1 radical (unpaired) electrons. The van der Waals surface area contributed by atoms with Crippen molar-refractivity contribution < 1.29 is 9.47 Å². The van der Waals surface area contributed by atoms with Crippen LogP contribution < -0.4 is 9.47 Å². The fourth-order valence-electron chi connectivity index (χ4n) is 0.949. The second-order valence-corrected chi connectivity index (χ2v) is 2.82. The van der Waals surface area contributed by atoms with E-state index >= 15 is 0 Å². The molecule has 0 saturated heterocycles. The average molecular weight is 212 g/mol. The van der Waals surface area contributed by atoms with Crippen molar-refractivity contribution in [3.63, 3.8) is 0 Å². The van der Waals surface area contributed by atoms with Crippen molar-refractivity contribution in [2.75, 3.05) is 19.6 Å². The number of ether oxygens (including phenoxy) is 2. The lowest BCUT2D eigenvalue weighted by molar-refractivity contribution is 0.326. The minimum atomic E-state index is 0.493. The molecule has 0 atom stereocenters. The molecule has 75 valence electrons. The van der Waals surface area contributed by atoms with Gasteiger partial charge in [-0.1, -0.05) is 18.2 Å². The maximum Gasteiger partial charge on any atom is 0.161 e. The van der Waals surface area contributed by atoms with Crippen molar-refractivity contribution in [3.05, 3.63) is 36.4 Å². The van der Waals surface area contributed by atoms with E-state index in [1.165, 1.54) is 0 Å². The Hall–Kier alpha value is -1.15. The van der Waals surface area contributed by atoms with Crippen LogP contribution in [-0.2, 0) is 0 Å². The van der Waals surface area contributed by atoms with E-state index in [1.54, 1.807) is 19.2 Å². The molecule has 0 aromatic heterocycles. The summed E-state index contributed by atoms with van der Waals surface area (Å²) in [7, 11) is 1.60. The number of hydrogen-bond acceptors (Lipinski definition) is 2. The molecule has 0 unspecified atom stereocenters. The number of allylic oxidation sites excluding steroid dienone is 1.